The highest BCUT2D eigenvalue weighted by atomic mass is 35.5. The van der Waals surface area contributed by atoms with E-state index in [1.807, 2.05) is 20.8 Å². The van der Waals surface area contributed by atoms with Crippen LogP contribution in [0.3, 0.4) is 0 Å². The van der Waals surface area contributed by atoms with Crippen LogP contribution < -0.4 is 16.0 Å². The topological polar surface area (TPSA) is 90.5 Å². The van der Waals surface area contributed by atoms with Crippen LogP contribution in [0.4, 0.5) is 14.5 Å². The zero-order valence-electron chi connectivity index (χ0n) is 23.0. The van der Waals surface area contributed by atoms with Crippen LogP contribution in [-0.4, -0.2) is 40.6 Å². The molecule has 0 bridgehead atoms. The Hall–Kier alpha value is -2.26. The normalized spacial score (nSPS) is 31.8. The van der Waals surface area contributed by atoms with Gasteiger partial charge in [0, 0.05) is 23.7 Å². The highest BCUT2D eigenvalue weighted by Crippen LogP contribution is 2.57. The van der Waals surface area contributed by atoms with Gasteiger partial charge in [-0.1, -0.05) is 56.1 Å². The summed E-state index contributed by atoms with van der Waals surface area (Å²) in [6.07, 6.45) is 2.68. The van der Waals surface area contributed by atoms with Crippen molar-refractivity contribution in [2.45, 2.75) is 94.9 Å². The van der Waals surface area contributed by atoms with Crippen molar-refractivity contribution in [3.05, 3.63) is 63.1 Å². The van der Waals surface area contributed by atoms with Gasteiger partial charge in [-0.2, -0.15) is 0 Å². The van der Waals surface area contributed by atoms with Crippen LogP contribution in [0.1, 0.15) is 76.8 Å². The quantitative estimate of drug-likeness (QED) is 0.359. The Morgan fingerprint density at radius 3 is 2.48 bits per heavy atom. The molecule has 216 valence electrons. The summed E-state index contributed by atoms with van der Waals surface area (Å²) < 4.78 is 30.9. The second-order valence-electron chi connectivity index (χ2n) is 13.0. The van der Waals surface area contributed by atoms with Gasteiger partial charge in [0.25, 0.3) is 0 Å². The van der Waals surface area contributed by atoms with E-state index in [4.69, 9.17) is 23.2 Å². The minimum absolute atomic E-state index is 0.0986. The molecule has 4 N–H and O–H groups in total. The molecule has 40 heavy (non-hydrogen) atoms. The summed E-state index contributed by atoms with van der Waals surface area (Å²) in [4.78, 5) is 28.2. The van der Waals surface area contributed by atoms with Gasteiger partial charge in [-0.3, -0.25) is 9.59 Å². The number of anilines is 1. The minimum Gasteiger partial charge on any atom is -0.390 e. The van der Waals surface area contributed by atoms with Crippen LogP contribution in [0.15, 0.2) is 30.3 Å². The Kier molecular flexibility index (Phi) is 7.48. The summed E-state index contributed by atoms with van der Waals surface area (Å²) in [5.74, 6) is -3.33. The maximum atomic E-state index is 15.8. The summed E-state index contributed by atoms with van der Waals surface area (Å²) in [5.41, 5.74) is -1.86. The molecule has 2 fully saturated rings. The first-order chi connectivity index (χ1) is 18.6. The smallest absolute Gasteiger partial charge is 0.238 e. The molecule has 1 saturated heterocycles. The molecule has 2 heterocycles. The third-order valence-corrected chi connectivity index (χ3v) is 9.29. The van der Waals surface area contributed by atoms with Crippen molar-refractivity contribution in [1.82, 2.24) is 10.6 Å². The number of halogens is 4. The number of fused-ring (bicyclic) bond motifs is 2. The molecule has 0 unspecified atom stereocenters. The molecule has 10 heteroatoms. The molecule has 3 aliphatic rings. The van der Waals surface area contributed by atoms with Crippen LogP contribution >= 0.6 is 23.2 Å². The zero-order valence-corrected chi connectivity index (χ0v) is 24.5. The number of hydrogen-bond donors (Lipinski definition) is 4. The van der Waals surface area contributed by atoms with E-state index in [2.05, 4.69) is 16.0 Å². The first-order valence-electron chi connectivity index (χ1n) is 13.7. The van der Waals surface area contributed by atoms with Crippen LogP contribution in [0.5, 0.6) is 0 Å². The number of amides is 2. The SMILES string of the molecule is CC(C)(C)C[C@H]1N[C@@H](C(=O)N[C@H]2CC[C@](C)(O)CC2)[C@H](c2cccc(Cl)c2F)[C@@]12C(=O)Nc1cc(Cl)c(F)cc12. The third-order valence-electron chi connectivity index (χ3n) is 8.71. The van der Waals surface area contributed by atoms with E-state index in [-0.39, 0.29) is 33.0 Å². The highest BCUT2D eigenvalue weighted by Gasteiger charge is 2.66. The fraction of sp³-hybridized carbons (Fsp3) is 0.533. The maximum Gasteiger partial charge on any atom is 0.238 e. The lowest BCUT2D eigenvalue weighted by molar-refractivity contribution is -0.125. The lowest BCUT2D eigenvalue weighted by Crippen LogP contribution is -2.50. The molecule has 2 aliphatic heterocycles. The molecule has 4 atom stereocenters. The zero-order chi connectivity index (χ0) is 29.2. The van der Waals surface area contributed by atoms with E-state index in [0.29, 0.717) is 43.4 Å². The number of nitrogens with one attached hydrogen (secondary N) is 3. The van der Waals surface area contributed by atoms with E-state index in [1.165, 1.54) is 24.3 Å². The average molecular weight is 595 g/mol. The van der Waals surface area contributed by atoms with Crippen molar-refractivity contribution in [3.8, 4) is 0 Å². The van der Waals surface area contributed by atoms with Crippen molar-refractivity contribution in [2.75, 3.05) is 5.32 Å². The van der Waals surface area contributed by atoms with Gasteiger partial charge < -0.3 is 21.1 Å². The number of carbonyl (C=O) groups is 2. The molecule has 1 saturated carbocycles. The lowest BCUT2D eigenvalue weighted by Gasteiger charge is -2.38. The standard InChI is InChI=1S/C30H35Cl2F2N3O3/c1-28(2,3)14-22-30(17-12-20(33)19(32)13-21(17)36-27(30)39)23(16-6-5-7-18(31)24(16)34)25(37-22)26(38)35-15-8-10-29(4,40)11-9-15/h5-7,12-13,15,22-23,25,37,40H,8-11,14H2,1-4H3,(H,35,38)(H,36,39)/t15-,22-,23+,25-,29-,30+/m1/s1. The van der Waals surface area contributed by atoms with E-state index in [1.54, 1.807) is 13.0 Å². The highest BCUT2D eigenvalue weighted by molar-refractivity contribution is 6.31. The van der Waals surface area contributed by atoms with Gasteiger partial charge in [-0.05, 0) is 73.8 Å². The molecule has 6 nitrogen and oxygen atoms in total. The second-order valence-corrected chi connectivity index (χ2v) is 13.8. The Bertz CT molecular complexity index is 1350. The Labute approximate surface area is 243 Å². The van der Waals surface area contributed by atoms with E-state index in [9.17, 15) is 14.7 Å². The van der Waals surface area contributed by atoms with E-state index < -0.39 is 46.6 Å². The van der Waals surface area contributed by atoms with Gasteiger partial charge in [0.2, 0.25) is 11.8 Å². The number of aliphatic hydroxyl groups is 1. The fourth-order valence-corrected chi connectivity index (χ4v) is 7.18. The first kappa shape index (κ1) is 29.2. The van der Waals surface area contributed by atoms with Gasteiger partial charge in [-0.25, -0.2) is 8.78 Å². The molecular formula is C30H35Cl2F2N3O3. The van der Waals surface area contributed by atoms with Crippen molar-refractivity contribution >= 4 is 40.7 Å². The van der Waals surface area contributed by atoms with Gasteiger partial charge in [-0.15, -0.1) is 0 Å². The Balaban J connectivity index is 1.67. The lowest BCUT2D eigenvalue weighted by atomic mass is 9.62. The summed E-state index contributed by atoms with van der Waals surface area (Å²) in [6.45, 7) is 7.81. The molecule has 0 radical (unpaired) electrons. The third kappa shape index (κ3) is 5.02. The Morgan fingerprint density at radius 1 is 1.15 bits per heavy atom. The maximum absolute atomic E-state index is 15.8. The fourth-order valence-electron chi connectivity index (χ4n) is 6.84. The van der Waals surface area contributed by atoms with Crippen molar-refractivity contribution < 1.29 is 23.5 Å². The van der Waals surface area contributed by atoms with Crippen LogP contribution in [0.2, 0.25) is 10.0 Å². The first-order valence-corrected chi connectivity index (χ1v) is 14.4. The largest absolute Gasteiger partial charge is 0.390 e. The van der Waals surface area contributed by atoms with Gasteiger partial charge in [0.05, 0.1) is 21.7 Å². The molecule has 5 rings (SSSR count). The number of carbonyl (C=O) groups excluding carboxylic acids is 2. The second kappa shape index (κ2) is 10.2. The molecule has 1 aliphatic carbocycles. The van der Waals surface area contributed by atoms with Crippen LogP contribution in [0, 0.1) is 17.0 Å². The van der Waals surface area contributed by atoms with Gasteiger partial charge >= 0.3 is 0 Å². The van der Waals surface area contributed by atoms with Crippen LogP contribution in [0.25, 0.3) is 0 Å². The van der Waals surface area contributed by atoms with Crippen molar-refractivity contribution in [1.29, 1.82) is 0 Å². The molecule has 2 amide bonds. The Morgan fingerprint density at radius 2 is 1.82 bits per heavy atom. The van der Waals surface area contributed by atoms with Gasteiger partial charge in [0.1, 0.15) is 17.0 Å². The molecule has 1 spiro atoms. The number of hydrogen-bond acceptors (Lipinski definition) is 4. The van der Waals surface area contributed by atoms with E-state index >= 15 is 8.78 Å². The summed E-state index contributed by atoms with van der Waals surface area (Å²) in [6, 6.07) is 5.25. The summed E-state index contributed by atoms with van der Waals surface area (Å²) >= 11 is 12.3. The monoisotopic (exact) mass is 593 g/mol. The molecule has 2 aromatic carbocycles. The predicted octanol–water partition coefficient (Wildman–Crippen LogP) is 5.83. The molecule has 2 aromatic rings. The van der Waals surface area contributed by atoms with E-state index in [0.717, 1.165) is 0 Å². The van der Waals surface area contributed by atoms with Gasteiger partial charge in [0.15, 0.2) is 0 Å². The number of rotatable bonds is 4. The summed E-state index contributed by atoms with van der Waals surface area (Å²) in [7, 11) is 0. The van der Waals surface area contributed by atoms with Crippen molar-refractivity contribution in [3.63, 3.8) is 0 Å². The van der Waals surface area contributed by atoms with Crippen molar-refractivity contribution in [2.24, 2.45) is 5.41 Å². The predicted molar refractivity (Wildman–Crippen MR) is 152 cm³/mol. The minimum atomic E-state index is -1.53. The summed E-state index contributed by atoms with van der Waals surface area (Å²) in [5, 5.41) is 19.4. The molecule has 0 aromatic heterocycles. The number of benzene rings is 2. The van der Waals surface area contributed by atoms with Crippen LogP contribution in [-0.2, 0) is 15.0 Å². The molecular weight excluding hydrogens is 559 g/mol. The average Bonchev–Trinajstić information content (AvgIpc) is 3.32.